The molecule has 2 fully saturated rings. The number of rotatable bonds is 3. The Morgan fingerprint density at radius 3 is 3.00 bits per heavy atom. The molecule has 2 heterocycles. The van der Waals surface area contributed by atoms with Gasteiger partial charge in [0.05, 0.1) is 6.04 Å². The first-order valence-electron chi connectivity index (χ1n) is 7.82. The molecule has 0 radical (unpaired) electrons. The van der Waals surface area contributed by atoms with Crippen LogP contribution in [0.15, 0.2) is 17.5 Å². The van der Waals surface area contributed by atoms with E-state index in [1.807, 2.05) is 6.92 Å². The van der Waals surface area contributed by atoms with Gasteiger partial charge >= 0.3 is 0 Å². The van der Waals surface area contributed by atoms with E-state index in [4.69, 9.17) is 0 Å². The van der Waals surface area contributed by atoms with Crippen LogP contribution < -0.4 is 5.32 Å². The molecule has 1 N–H and O–H groups in total. The van der Waals surface area contributed by atoms with Crippen LogP contribution in [0.4, 0.5) is 0 Å². The summed E-state index contributed by atoms with van der Waals surface area (Å²) in [4.78, 5) is 16.0. The SMILES string of the molecule is CCC1CCCC(N2C(=O)C(C)NC2c2cccs2)C1. The highest BCUT2D eigenvalue weighted by Crippen LogP contribution is 2.37. The van der Waals surface area contributed by atoms with Gasteiger partial charge in [-0.25, -0.2) is 0 Å². The Bertz CT molecular complexity index is 459. The Kier molecular flexibility index (Phi) is 4.13. The van der Waals surface area contributed by atoms with Crippen LogP contribution in [-0.2, 0) is 4.79 Å². The zero-order valence-electron chi connectivity index (χ0n) is 12.3. The first-order chi connectivity index (χ1) is 9.70. The average Bonchev–Trinajstić information content (AvgIpc) is 3.08. The number of carbonyl (C=O) groups excluding carboxylic acids is 1. The van der Waals surface area contributed by atoms with E-state index in [0.717, 1.165) is 5.92 Å². The van der Waals surface area contributed by atoms with Crippen LogP contribution in [0.3, 0.4) is 0 Å². The maximum atomic E-state index is 12.6. The second kappa shape index (κ2) is 5.86. The molecule has 0 aromatic carbocycles. The summed E-state index contributed by atoms with van der Waals surface area (Å²) in [5.41, 5.74) is 0. The summed E-state index contributed by atoms with van der Waals surface area (Å²) in [7, 11) is 0. The number of hydrogen-bond acceptors (Lipinski definition) is 3. The highest BCUT2D eigenvalue weighted by Gasteiger charge is 2.42. The van der Waals surface area contributed by atoms with Gasteiger partial charge in [-0.2, -0.15) is 0 Å². The monoisotopic (exact) mass is 292 g/mol. The van der Waals surface area contributed by atoms with Crippen molar-refractivity contribution in [2.75, 3.05) is 0 Å². The fourth-order valence-electron chi connectivity index (χ4n) is 3.68. The van der Waals surface area contributed by atoms with E-state index in [2.05, 4.69) is 34.7 Å². The minimum Gasteiger partial charge on any atom is -0.318 e. The van der Waals surface area contributed by atoms with Crippen molar-refractivity contribution in [1.29, 1.82) is 0 Å². The van der Waals surface area contributed by atoms with Gasteiger partial charge in [0.25, 0.3) is 0 Å². The Hall–Kier alpha value is -0.870. The zero-order chi connectivity index (χ0) is 14.1. The van der Waals surface area contributed by atoms with Gasteiger partial charge in [0.15, 0.2) is 0 Å². The smallest absolute Gasteiger partial charge is 0.241 e. The molecule has 20 heavy (non-hydrogen) atoms. The second-order valence-electron chi connectivity index (χ2n) is 6.15. The van der Waals surface area contributed by atoms with Crippen molar-refractivity contribution in [3.8, 4) is 0 Å². The van der Waals surface area contributed by atoms with E-state index in [-0.39, 0.29) is 18.1 Å². The lowest BCUT2D eigenvalue weighted by atomic mass is 9.83. The van der Waals surface area contributed by atoms with Crippen LogP contribution in [0, 0.1) is 5.92 Å². The highest BCUT2D eigenvalue weighted by atomic mass is 32.1. The minimum absolute atomic E-state index is 0.0518. The molecule has 0 spiro atoms. The van der Waals surface area contributed by atoms with Crippen molar-refractivity contribution in [3.05, 3.63) is 22.4 Å². The molecule has 4 unspecified atom stereocenters. The van der Waals surface area contributed by atoms with E-state index in [9.17, 15) is 4.79 Å². The molecule has 2 aliphatic rings. The summed E-state index contributed by atoms with van der Waals surface area (Å²) < 4.78 is 0. The molecule has 1 aromatic rings. The number of thiophene rings is 1. The summed E-state index contributed by atoms with van der Waals surface area (Å²) in [6.45, 7) is 4.26. The molecule has 110 valence electrons. The standard InChI is InChI=1S/C16H24N2OS/c1-3-12-6-4-7-13(10-12)18-15(14-8-5-9-20-14)17-11(2)16(18)19/h5,8-9,11-13,15,17H,3-4,6-7,10H2,1-2H3. The molecule has 1 saturated heterocycles. The van der Waals surface area contributed by atoms with Crippen LogP contribution in [0.1, 0.15) is 57.0 Å². The minimum atomic E-state index is -0.0518. The fraction of sp³-hybridized carbons (Fsp3) is 0.688. The Morgan fingerprint density at radius 2 is 2.30 bits per heavy atom. The predicted octanol–water partition coefficient (Wildman–Crippen LogP) is 3.54. The lowest BCUT2D eigenvalue weighted by Crippen LogP contribution is -2.42. The van der Waals surface area contributed by atoms with Gasteiger partial charge in [0.1, 0.15) is 6.17 Å². The molecular weight excluding hydrogens is 268 g/mol. The molecule has 1 saturated carbocycles. The van der Waals surface area contributed by atoms with E-state index < -0.39 is 0 Å². The maximum Gasteiger partial charge on any atom is 0.241 e. The Labute approximate surface area is 125 Å². The van der Waals surface area contributed by atoms with Crippen LogP contribution in [0.2, 0.25) is 0 Å². The Morgan fingerprint density at radius 1 is 1.45 bits per heavy atom. The second-order valence-corrected chi connectivity index (χ2v) is 7.13. The quantitative estimate of drug-likeness (QED) is 0.924. The van der Waals surface area contributed by atoms with Crippen molar-refractivity contribution in [2.45, 2.75) is 64.2 Å². The first kappa shape index (κ1) is 14.1. The third-order valence-electron chi connectivity index (χ3n) is 4.85. The normalized spacial score (nSPS) is 34.7. The summed E-state index contributed by atoms with van der Waals surface area (Å²) in [5.74, 6) is 1.08. The van der Waals surface area contributed by atoms with Gasteiger partial charge in [-0.3, -0.25) is 10.1 Å². The molecule has 4 atom stereocenters. The van der Waals surface area contributed by atoms with Crippen molar-refractivity contribution < 1.29 is 4.79 Å². The van der Waals surface area contributed by atoms with Crippen molar-refractivity contribution in [2.24, 2.45) is 5.92 Å². The Balaban J connectivity index is 1.82. The molecule has 1 amide bonds. The molecule has 3 nitrogen and oxygen atoms in total. The van der Waals surface area contributed by atoms with Crippen LogP contribution in [-0.4, -0.2) is 22.9 Å². The molecular formula is C16H24N2OS. The third kappa shape index (κ3) is 2.51. The molecule has 1 aliphatic heterocycles. The van der Waals surface area contributed by atoms with Crippen molar-refractivity contribution in [3.63, 3.8) is 0 Å². The summed E-state index contributed by atoms with van der Waals surface area (Å²) >= 11 is 1.74. The van der Waals surface area contributed by atoms with E-state index in [1.165, 1.54) is 37.0 Å². The van der Waals surface area contributed by atoms with Gasteiger partial charge < -0.3 is 4.90 Å². The number of amides is 1. The van der Waals surface area contributed by atoms with Gasteiger partial charge in [-0.1, -0.05) is 32.3 Å². The summed E-state index contributed by atoms with van der Waals surface area (Å²) in [6, 6.07) is 4.58. The zero-order valence-corrected chi connectivity index (χ0v) is 13.2. The number of nitrogens with one attached hydrogen (secondary N) is 1. The van der Waals surface area contributed by atoms with E-state index >= 15 is 0 Å². The lowest BCUT2D eigenvalue weighted by molar-refractivity contribution is -0.133. The first-order valence-corrected chi connectivity index (χ1v) is 8.70. The van der Waals surface area contributed by atoms with Crippen LogP contribution in [0.5, 0.6) is 0 Å². The summed E-state index contributed by atoms with van der Waals surface area (Å²) in [5, 5.41) is 5.57. The van der Waals surface area contributed by atoms with Gasteiger partial charge in [0, 0.05) is 10.9 Å². The largest absolute Gasteiger partial charge is 0.318 e. The van der Waals surface area contributed by atoms with E-state index in [1.54, 1.807) is 11.3 Å². The molecule has 3 rings (SSSR count). The maximum absolute atomic E-state index is 12.6. The summed E-state index contributed by atoms with van der Waals surface area (Å²) in [6.07, 6.45) is 6.28. The topological polar surface area (TPSA) is 32.3 Å². The molecule has 1 aromatic heterocycles. The van der Waals surface area contributed by atoms with E-state index in [0.29, 0.717) is 6.04 Å². The predicted molar refractivity (Wildman–Crippen MR) is 82.5 cm³/mol. The van der Waals surface area contributed by atoms with Crippen molar-refractivity contribution in [1.82, 2.24) is 10.2 Å². The average molecular weight is 292 g/mol. The fourth-order valence-corrected chi connectivity index (χ4v) is 4.46. The third-order valence-corrected chi connectivity index (χ3v) is 5.77. The highest BCUT2D eigenvalue weighted by molar-refractivity contribution is 7.10. The van der Waals surface area contributed by atoms with Gasteiger partial charge in [0.2, 0.25) is 5.91 Å². The molecule has 4 heteroatoms. The van der Waals surface area contributed by atoms with Crippen LogP contribution >= 0.6 is 11.3 Å². The number of carbonyl (C=O) groups is 1. The van der Waals surface area contributed by atoms with Gasteiger partial charge in [-0.15, -0.1) is 11.3 Å². The number of nitrogens with zero attached hydrogens (tertiary/aromatic N) is 1. The molecule has 0 bridgehead atoms. The van der Waals surface area contributed by atoms with Gasteiger partial charge in [-0.05, 0) is 37.1 Å². The van der Waals surface area contributed by atoms with Crippen molar-refractivity contribution >= 4 is 17.2 Å². The van der Waals surface area contributed by atoms with Crippen LogP contribution in [0.25, 0.3) is 0 Å². The lowest BCUT2D eigenvalue weighted by Gasteiger charge is -2.37. The molecule has 1 aliphatic carbocycles. The number of hydrogen-bond donors (Lipinski definition) is 1.